The van der Waals surface area contributed by atoms with Gasteiger partial charge in [0.1, 0.15) is 0 Å². The standard InChI is InChI=1S/C18H28N2/c1-18(2,3)16-9-12-20(13-10-16)11-5-7-15-6-4-8-17(19)14-15/h4,6,8-9,14H,5,7,10-13,19H2,1-3H3. The van der Waals surface area contributed by atoms with Gasteiger partial charge in [-0.05, 0) is 48.9 Å². The van der Waals surface area contributed by atoms with Gasteiger partial charge in [-0.3, -0.25) is 4.90 Å². The lowest BCUT2D eigenvalue weighted by Crippen LogP contribution is -2.32. The van der Waals surface area contributed by atoms with Crippen LogP contribution < -0.4 is 5.73 Å². The minimum absolute atomic E-state index is 0.341. The van der Waals surface area contributed by atoms with Gasteiger partial charge < -0.3 is 5.73 Å². The Hall–Kier alpha value is -1.28. The van der Waals surface area contributed by atoms with Crippen molar-refractivity contribution >= 4 is 5.69 Å². The third kappa shape index (κ3) is 4.38. The molecule has 0 aromatic heterocycles. The molecule has 0 saturated heterocycles. The van der Waals surface area contributed by atoms with E-state index in [-0.39, 0.29) is 0 Å². The maximum Gasteiger partial charge on any atom is 0.0316 e. The van der Waals surface area contributed by atoms with Crippen LogP contribution in [0.5, 0.6) is 0 Å². The molecule has 20 heavy (non-hydrogen) atoms. The summed E-state index contributed by atoms with van der Waals surface area (Å²) in [5.74, 6) is 0. The van der Waals surface area contributed by atoms with E-state index in [1.54, 1.807) is 5.57 Å². The molecule has 2 heteroatoms. The van der Waals surface area contributed by atoms with Crippen LogP contribution in [-0.2, 0) is 6.42 Å². The molecule has 1 aliphatic heterocycles. The lowest BCUT2D eigenvalue weighted by atomic mass is 9.83. The minimum atomic E-state index is 0.341. The van der Waals surface area contributed by atoms with Crippen LogP contribution in [0.1, 0.15) is 39.2 Å². The van der Waals surface area contributed by atoms with E-state index in [1.807, 2.05) is 12.1 Å². The molecule has 110 valence electrons. The summed E-state index contributed by atoms with van der Waals surface area (Å²) in [5.41, 5.74) is 10.00. The molecule has 0 spiro atoms. The molecular formula is C18H28N2. The monoisotopic (exact) mass is 272 g/mol. The SMILES string of the molecule is CC(C)(C)C1=CCN(CCCc2cccc(N)c2)CC1. The van der Waals surface area contributed by atoms with Gasteiger partial charge in [-0.25, -0.2) is 0 Å². The fourth-order valence-corrected chi connectivity index (χ4v) is 2.85. The molecule has 2 N–H and O–H groups in total. The molecular weight excluding hydrogens is 244 g/mol. The van der Waals surface area contributed by atoms with E-state index in [2.05, 4.69) is 43.9 Å². The Morgan fingerprint density at radius 3 is 2.65 bits per heavy atom. The van der Waals surface area contributed by atoms with Crippen molar-refractivity contribution < 1.29 is 0 Å². The van der Waals surface area contributed by atoms with E-state index >= 15 is 0 Å². The summed E-state index contributed by atoms with van der Waals surface area (Å²) in [6.07, 6.45) is 5.99. The molecule has 1 aromatic rings. The molecule has 0 atom stereocenters. The first kappa shape index (κ1) is 15.1. The van der Waals surface area contributed by atoms with Crippen molar-refractivity contribution in [1.82, 2.24) is 4.90 Å². The molecule has 1 aromatic carbocycles. The average Bonchev–Trinajstić information content (AvgIpc) is 2.38. The van der Waals surface area contributed by atoms with Gasteiger partial charge in [0.2, 0.25) is 0 Å². The van der Waals surface area contributed by atoms with Crippen molar-refractivity contribution in [2.75, 3.05) is 25.4 Å². The van der Waals surface area contributed by atoms with Crippen LogP contribution in [0.4, 0.5) is 5.69 Å². The first-order chi connectivity index (χ1) is 9.45. The maximum atomic E-state index is 5.81. The van der Waals surface area contributed by atoms with Crippen LogP contribution in [0.15, 0.2) is 35.9 Å². The summed E-state index contributed by atoms with van der Waals surface area (Å²) in [4.78, 5) is 2.56. The summed E-state index contributed by atoms with van der Waals surface area (Å²) >= 11 is 0. The van der Waals surface area contributed by atoms with Crippen molar-refractivity contribution in [2.24, 2.45) is 5.41 Å². The van der Waals surface area contributed by atoms with Crippen LogP contribution in [-0.4, -0.2) is 24.5 Å². The van der Waals surface area contributed by atoms with Gasteiger partial charge in [0, 0.05) is 18.8 Å². The number of nitrogens with zero attached hydrogens (tertiary/aromatic N) is 1. The Labute approximate surface area is 123 Å². The molecule has 0 amide bonds. The molecule has 0 saturated carbocycles. The Bertz CT molecular complexity index is 469. The fourth-order valence-electron chi connectivity index (χ4n) is 2.85. The van der Waals surface area contributed by atoms with Crippen LogP contribution in [0.25, 0.3) is 0 Å². The van der Waals surface area contributed by atoms with Gasteiger partial charge >= 0.3 is 0 Å². The topological polar surface area (TPSA) is 29.3 Å². The summed E-state index contributed by atoms with van der Waals surface area (Å²) in [7, 11) is 0. The molecule has 0 radical (unpaired) electrons. The smallest absolute Gasteiger partial charge is 0.0316 e. The zero-order chi connectivity index (χ0) is 14.6. The number of benzene rings is 1. The molecule has 0 aliphatic carbocycles. The number of aryl methyl sites for hydroxylation is 1. The largest absolute Gasteiger partial charge is 0.399 e. The predicted octanol–water partition coefficient (Wildman–Crippen LogP) is 3.88. The van der Waals surface area contributed by atoms with Crippen LogP contribution in [0.2, 0.25) is 0 Å². The number of hydrogen-bond acceptors (Lipinski definition) is 2. The van der Waals surface area contributed by atoms with Gasteiger partial charge in [0.15, 0.2) is 0 Å². The number of hydrogen-bond donors (Lipinski definition) is 1. The molecule has 0 unspecified atom stereocenters. The second-order valence-electron chi connectivity index (χ2n) is 6.88. The Kier molecular flexibility index (Phi) is 4.87. The molecule has 1 heterocycles. The average molecular weight is 272 g/mol. The van der Waals surface area contributed by atoms with E-state index in [0.29, 0.717) is 5.41 Å². The highest BCUT2D eigenvalue weighted by Gasteiger charge is 2.20. The Morgan fingerprint density at radius 1 is 1.25 bits per heavy atom. The van der Waals surface area contributed by atoms with Crippen LogP contribution in [0, 0.1) is 5.41 Å². The van der Waals surface area contributed by atoms with Gasteiger partial charge in [0.05, 0.1) is 0 Å². The van der Waals surface area contributed by atoms with Crippen molar-refractivity contribution in [3.05, 3.63) is 41.5 Å². The highest BCUT2D eigenvalue weighted by Crippen LogP contribution is 2.30. The highest BCUT2D eigenvalue weighted by atomic mass is 15.1. The minimum Gasteiger partial charge on any atom is -0.399 e. The van der Waals surface area contributed by atoms with Gasteiger partial charge in [-0.1, -0.05) is 44.6 Å². The lowest BCUT2D eigenvalue weighted by molar-refractivity contribution is 0.276. The summed E-state index contributed by atoms with van der Waals surface area (Å²) in [6.45, 7) is 10.4. The number of anilines is 1. The second-order valence-corrected chi connectivity index (χ2v) is 6.88. The van der Waals surface area contributed by atoms with E-state index in [1.165, 1.54) is 31.5 Å². The molecule has 2 nitrogen and oxygen atoms in total. The van der Waals surface area contributed by atoms with E-state index in [0.717, 1.165) is 18.7 Å². The molecule has 1 aliphatic rings. The van der Waals surface area contributed by atoms with Crippen LogP contribution >= 0.6 is 0 Å². The van der Waals surface area contributed by atoms with Crippen molar-refractivity contribution in [3.8, 4) is 0 Å². The summed E-state index contributed by atoms with van der Waals surface area (Å²) < 4.78 is 0. The third-order valence-electron chi connectivity index (χ3n) is 4.15. The lowest BCUT2D eigenvalue weighted by Gasteiger charge is -2.32. The van der Waals surface area contributed by atoms with Crippen molar-refractivity contribution in [2.45, 2.75) is 40.0 Å². The van der Waals surface area contributed by atoms with Crippen molar-refractivity contribution in [3.63, 3.8) is 0 Å². The van der Waals surface area contributed by atoms with Gasteiger partial charge in [0.25, 0.3) is 0 Å². The number of rotatable bonds is 4. The molecule has 2 rings (SSSR count). The Morgan fingerprint density at radius 2 is 2.05 bits per heavy atom. The van der Waals surface area contributed by atoms with E-state index in [9.17, 15) is 0 Å². The normalized spacial score (nSPS) is 17.1. The highest BCUT2D eigenvalue weighted by molar-refractivity contribution is 5.40. The maximum absolute atomic E-state index is 5.81. The Balaban J connectivity index is 1.75. The number of nitrogens with two attached hydrogens (primary N) is 1. The summed E-state index contributed by atoms with van der Waals surface area (Å²) in [6, 6.07) is 8.26. The zero-order valence-electron chi connectivity index (χ0n) is 13.2. The number of nitrogen functional groups attached to an aromatic ring is 1. The van der Waals surface area contributed by atoms with Gasteiger partial charge in [-0.2, -0.15) is 0 Å². The predicted molar refractivity (Wildman–Crippen MR) is 87.8 cm³/mol. The molecule has 0 bridgehead atoms. The zero-order valence-corrected chi connectivity index (χ0v) is 13.2. The first-order valence-corrected chi connectivity index (χ1v) is 7.71. The van der Waals surface area contributed by atoms with Crippen LogP contribution in [0.3, 0.4) is 0 Å². The molecule has 0 fully saturated rings. The van der Waals surface area contributed by atoms with Crippen molar-refractivity contribution in [1.29, 1.82) is 0 Å². The quantitative estimate of drug-likeness (QED) is 0.666. The fraction of sp³-hybridized carbons (Fsp3) is 0.556. The summed E-state index contributed by atoms with van der Waals surface area (Å²) in [5, 5.41) is 0. The first-order valence-electron chi connectivity index (χ1n) is 7.71. The third-order valence-corrected chi connectivity index (χ3v) is 4.15. The van der Waals surface area contributed by atoms with E-state index in [4.69, 9.17) is 5.73 Å². The van der Waals surface area contributed by atoms with E-state index < -0.39 is 0 Å². The second kappa shape index (κ2) is 6.45. The van der Waals surface area contributed by atoms with Gasteiger partial charge in [-0.15, -0.1) is 0 Å².